The number of rotatable bonds is 5. The summed E-state index contributed by atoms with van der Waals surface area (Å²) in [6, 6.07) is 2.70. The fourth-order valence-electron chi connectivity index (χ4n) is 2.18. The summed E-state index contributed by atoms with van der Waals surface area (Å²) in [6.45, 7) is 4.28. The number of anilines is 1. The molecule has 0 spiro atoms. The number of nitrogens with one attached hydrogen (secondary N) is 2. The first-order chi connectivity index (χ1) is 11.1. The number of halogens is 2. The van der Waals surface area contributed by atoms with Crippen LogP contribution in [0.2, 0.25) is 0 Å². The Kier molecular flexibility index (Phi) is 6.42. The molecule has 1 aliphatic rings. The molecule has 0 atom stereocenters. The monoisotopic (exact) mass is 327 g/mol. The molecule has 1 aromatic rings. The molecular formula is C15H19F2N3O3. The van der Waals surface area contributed by atoms with Crippen molar-refractivity contribution in [3.8, 4) is 0 Å². The summed E-state index contributed by atoms with van der Waals surface area (Å²) >= 11 is 0. The molecule has 0 bridgehead atoms. The molecule has 2 rings (SSSR count). The molecule has 2 amide bonds. The van der Waals surface area contributed by atoms with E-state index in [0.717, 1.165) is 31.8 Å². The summed E-state index contributed by atoms with van der Waals surface area (Å²) in [5.41, 5.74) is -0.236. The van der Waals surface area contributed by atoms with E-state index in [1.165, 1.54) is 0 Å². The summed E-state index contributed by atoms with van der Waals surface area (Å²) in [5.74, 6) is -3.52. The summed E-state index contributed by atoms with van der Waals surface area (Å²) in [4.78, 5) is 25.5. The first-order valence-electron chi connectivity index (χ1n) is 7.40. The van der Waals surface area contributed by atoms with Gasteiger partial charge in [-0.15, -0.1) is 0 Å². The molecule has 0 aliphatic carbocycles. The van der Waals surface area contributed by atoms with Crippen molar-refractivity contribution in [2.75, 3.05) is 44.7 Å². The fourth-order valence-corrected chi connectivity index (χ4v) is 2.18. The summed E-state index contributed by atoms with van der Waals surface area (Å²) in [7, 11) is 0. The van der Waals surface area contributed by atoms with Crippen LogP contribution in [0.5, 0.6) is 0 Å². The molecule has 0 saturated carbocycles. The lowest BCUT2D eigenvalue weighted by molar-refractivity contribution is -0.136. The van der Waals surface area contributed by atoms with Gasteiger partial charge in [0.2, 0.25) is 0 Å². The molecule has 0 unspecified atom stereocenters. The molecule has 6 nitrogen and oxygen atoms in total. The van der Waals surface area contributed by atoms with E-state index in [1.807, 2.05) is 0 Å². The van der Waals surface area contributed by atoms with Crippen molar-refractivity contribution in [2.24, 2.45) is 0 Å². The second-order valence-corrected chi connectivity index (χ2v) is 5.14. The van der Waals surface area contributed by atoms with Crippen LogP contribution >= 0.6 is 0 Å². The predicted octanol–water partition coefficient (Wildman–Crippen LogP) is 0.742. The molecule has 1 heterocycles. The number of benzene rings is 1. The van der Waals surface area contributed by atoms with E-state index in [2.05, 4.69) is 15.5 Å². The number of hydrogen-bond donors (Lipinski definition) is 2. The van der Waals surface area contributed by atoms with Crippen LogP contribution < -0.4 is 10.6 Å². The summed E-state index contributed by atoms with van der Waals surface area (Å²) in [6.07, 6.45) is 0.698. The lowest BCUT2D eigenvalue weighted by atomic mass is 10.3. The number of carbonyl (C=O) groups is 2. The first-order valence-corrected chi connectivity index (χ1v) is 7.40. The maximum Gasteiger partial charge on any atom is 0.313 e. The van der Waals surface area contributed by atoms with E-state index in [0.29, 0.717) is 32.2 Å². The number of carbonyl (C=O) groups excluding carboxylic acids is 2. The van der Waals surface area contributed by atoms with E-state index < -0.39 is 23.4 Å². The Morgan fingerprint density at radius 3 is 2.61 bits per heavy atom. The van der Waals surface area contributed by atoms with Crippen LogP contribution in [0.3, 0.4) is 0 Å². The van der Waals surface area contributed by atoms with Crippen LogP contribution in [0.4, 0.5) is 14.5 Å². The Morgan fingerprint density at radius 2 is 1.91 bits per heavy atom. The van der Waals surface area contributed by atoms with E-state index in [9.17, 15) is 18.4 Å². The van der Waals surface area contributed by atoms with Gasteiger partial charge in [-0.3, -0.25) is 14.5 Å². The van der Waals surface area contributed by atoms with Gasteiger partial charge in [0.25, 0.3) is 0 Å². The van der Waals surface area contributed by atoms with Crippen molar-refractivity contribution < 1.29 is 23.1 Å². The third-order valence-electron chi connectivity index (χ3n) is 3.43. The lowest BCUT2D eigenvalue weighted by Gasteiger charge is -2.26. The number of ether oxygens (including phenoxy) is 1. The summed E-state index contributed by atoms with van der Waals surface area (Å²) < 4.78 is 31.4. The molecule has 1 fully saturated rings. The van der Waals surface area contributed by atoms with Crippen LogP contribution in [-0.4, -0.2) is 56.1 Å². The molecule has 8 heteroatoms. The van der Waals surface area contributed by atoms with Crippen molar-refractivity contribution in [2.45, 2.75) is 6.42 Å². The Morgan fingerprint density at radius 1 is 1.17 bits per heavy atom. The second kappa shape index (κ2) is 8.54. The van der Waals surface area contributed by atoms with Crippen molar-refractivity contribution in [3.63, 3.8) is 0 Å². The predicted molar refractivity (Wildman–Crippen MR) is 79.9 cm³/mol. The van der Waals surface area contributed by atoms with Gasteiger partial charge in [0.1, 0.15) is 11.6 Å². The zero-order chi connectivity index (χ0) is 16.7. The maximum absolute atomic E-state index is 13.4. The maximum atomic E-state index is 13.4. The average Bonchev–Trinajstić information content (AvgIpc) is 2.55. The normalized spacial score (nSPS) is 15.2. The number of morpholine rings is 1. The Balaban J connectivity index is 1.69. The summed E-state index contributed by atoms with van der Waals surface area (Å²) in [5, 5.41) is 4.58. The molecule has 23 heavy (non-hydrogen) atoms. The van der Waals surface area contributed by atoms with E-state index in [1.54, 1.807) is 0 Å². The van der Waals surface area contributed by atoms with Gasteiger partial charge in [-0.05, 0) is 25.1 Å². The zero-order valence-electron chi connectivity index (χ0n) is 12.6. The van der Waals surface area contributed by atoms with Gasteiger partial charge in [-0.2, -0.15) is 0 Å². The molecular weight excluding hydrogens is 308 g/mol. The highest BCUT2D eigenvalue weighted by Crippen LogP contribution is 2.14. The number of hydrogen-bond acceptors (Lipinski definition) is 4. The fraction of sp³-hybridized carbons (Fsp3) is 0.467. The van der Waals surface area contributed by atoms with Crippen LogP contribution in [-0.2, 0) is 14.3 Å². The van der Waals surface area contributed by atoms with Crippen molar-refractivity contribution in [3.05, 3.63) is 29.8 Å². The molecule has 1 saturated heterocycles. The van der Waals surface area contributed by atoms with Gasteiger partial charge in [-0.25, -0.2) is 8.78 Å². The standard InChI is InChI=1S/C15H19F2N3O3/c16-11-2-3-13(12(17)10-11)19-15(22)14(21)18-4-1-5-20-6-8-23-9-7-20/h2-3,10H,1,4-9H2,(H,18,21)(H,19,22). The molecule has 1 aliphatic heterocycles. The highest BCUT2D eigenvalue weighted by atomic mass is 19.1. The average molecular weight is 327 g/mol. The van der Waals surface area contributed by atoms with Crippen LogP contribution in [0.1, 0.15) is 6.42 Å². The van der Waals surface area contributed by atoms with Crippen LogP contribution in [0, 0.1) is 11.6 Å². The topological polar surface area (TPSA) is 70.7 Å². The molecule has 1 aromatic carbocycles. The zero-order valence-corrected chi connectivity index (χ0v) is 12.6. The largest absolute Gasteiger partial charge is 0.379 e. The third-order valence-corrected chi connectivity index (χ3v) is 3.43. The minimum absolute atomic E-state index is 0.236. The molecule has 2 N–H and O–H groups in total. The van der Waals surface area contributed by atoms with Gasteiger partial charge in [0.05, 0.1) is 18.9 Å². The first kappa shape index (κ1) is 17.3. The minimum atomic E-state index is -0.984. The van der Waals surface area contributed by atoms with Gasteiger partial charge >= 0.3 is 11.8 Å². The SMILES string of the molecule is O=C(NCCCN1CCOCC1)C(=O)Nc1ccc(F)cc1F. The minimum Gasteiger partial charge on any atom is -0.379 e. The number of amides is 2. The molecule has 0 aromatic heterocycles. The molecule has 0 radical (unpaired) electrons. The Hall–Kier alpha value is -2.06. The van der Waals surface area contributed by atoms with Crippen LogP contribution in [0.15, 0.2) is 18.2 Å². The van der Waals surface area contributed by atoms with Crippen molar-refractivity contribution in [1.82, 2.24) is 10.2 Å². The smallest absolute Gasteiger partial charge is 0.313 e. The van der Waals surface area contributed by atoms with Gasteiger partial charge in [-0.1, -0.05) is 0 Å². The van der Waals surface area contributed by atoms with Crippen molar-refractivity contribution >= 4 is 17.5 Å². The van der Waals surface area contributed by atoms with Gasteiger partial charge < -0.3 is 15.4 Å². The number of nitrogens with zero attached hydrogens (tertiary/aromatic N) is 1. The van der Waals surface area contributed by atoms with Crippen molar-refractivity contribution in [1.29, 1.82) is 0 Å². The molecule has 126 valence electrons. The van der Waals surface area contributed by atoms with E-state index in [-0.39, 0.29) is 5.69 Å². The Bertz CT molecular complexity index is 563. The van der Waals surface area contributed by atoms with E-state index in [4.69, 9.17) is 4.74 Å². The van der Waals surface area contributed by atoms with Crippen LogP contribution in [0.25, 0.3) is 0 Å². The highest BCUT2D eigenvalue weighted by molar-refractivity contribution is 6.39. The highest BCUT2D eigenvalue weighted by Gasteiger charge is 2.16. The quantitative estimate of drug-likeness (QED) is 0.618. The lowest BCUT2D eigenvalue weighted by Crippen LogP contribution is -2.39. The Labute approximate surface area is 132 Å². The third kappa shape index (κ3) is 5.57. The van der Waals surface area contributed by atoms with Gasteiger partial charge in [0.15, 0.2) is 0 Å². The second-order valence-electron chi connectivity index (χ2n) is 5.14. The van der Waals surface area contributed by atoms with Gasteiger partial charge in [0, 0.05) is 25.7 Å². The van der Waals surface area contributed by atoms with E-state index >= 15 is 0 Å².